The number of carbonyl (C=O) groups excluding carboxylic acids is 1. The van der Waals surface area contributed by atoms with E-state index < -0.39 is 5.97 Å². The molecule has 0 spiro atoms. The molecule has 0 radical (unpaired) electrons. The quantitative estimate of drug-likeness (QED) is 0.769. The summed E-state index contributed by atoms with van der Waals surface area (Å²) >= 11 is 0. The van der Waals surface area contributed by atoms with Crippen LogP contribution in [-0.4, -0.2) is 46.2 Å². The fraction of sp³-hybridized carbons (Fsp3) is 0.583. The van der Waals surface area contributed by atoms with E-state index in [2.05, 4.69) is 10.5 Å². The second-order valence-corrected chi connectivity index (χ2v) is 4.38. The van der Waals surface area contributed by atoms with E-state index in [-0.39, 0.29) is 24.9 Å². The third-order valence-corrected chi connectivity index (χ3v) is 2.74. The molecule has 0 aliphatic heterocycles. The third kappa shape index (κ3) is 5.09. The Morgan fingerprint density at radius 3 is 2.74 bits per heavy atom. The molecule has 1 amide bonds. The molecule has 1 heterocycles. The van der Waals surface area contributed by atoms with Crippen LogP contribution in [-0.2, 0) is 9.59 Å². The summed E-state index contributed by atoms with van der Waals surface area (Å²) in [5, 5.41) is 15.0. The monoisotopic (exact) mass is 269 g/mol. The molecule has 0 saturated heterocycles. The molecule has 0 aliphatic carbocycles. The number of amides is 1. The molecule has 0 fully saturated rings. The van der Waals surface area contributed by atoms with Gasteiger partial charge in [-0.15, -0.1) is 0 Å². The van der Waals surface area contributed by atoms with E-state index in [0.29, 0.717) is 18.1 Å². The number of carboxylic acid groups (broad SMARTS) is 1. The van der Waals surface area contributed by atoms with Gasteiger partial charge >= 0.3 is 5.97 Å². The van der Waals surface area contributed by atoms with E-state index in [9.17, 15) is 9.59 Å². The van der Waals surface area contributed by atoms with Crippen molar-refractivity contribution < 1.29 is 19.2 Å². The normalized spacial score (nSPS) is 12.4. The molecular formula is C12H19N3O4. The van der Waals surface area contributed by atoms with E-state index in [1.54, 1.807) is 24.8 Å². The van der Waals surface area contributed by atoms with Crippen molar-refractivity contribution in [2.24, 2.45) is 0 Å². The lowest BCUT2D eigenvalue weighted by atomic mass is 10.2. The van der Waals surface area contributed by atoms with Crippen LogP contribution in [0.1, 0.15) is 26.0 Å². The molecule has 0 aromatic carbocycles. The number of hydrogen-bond acceptors (Lipinski definition) is 5. The highest BCUT2D eigenvalue weighted by Gasteiger charge is 2.18. The van der Waals surface area contributed by atoms with Crippen LogP contribution >= 0.6 is 0 Å². The van der Waals surface area contributed by atoms with Crippen molar-refractivity contribution in [3.63, 3.8) is 0 Å². The van der Waals surface area contributed by atoms with Crippen molar-refractivity contribution in [3.05, 3.63) is 11.8 Å². The molecule has 1 atom stereocenters. The van der Waals surface area contributed by atoms with Crippen molar-refractivity contribution in [1.29, 1.82) is 0 Å². The average molecular weight is 269 g/mol. The van der Waals surface area contributed by atoms with Crippen LogP contribution in [0.5, 0.6) is 0 Å². The van der Waals surface area contributed by atoms with Gasteiger partial charge in [-0.2, -0.15) is 0 Å². The molecule has 1 unspecified atom stereocenters. The smallest absolute Gasteiger partial charge is 0.304 e. The first kappa shape index (κ1) is 15.2. The lowest BCUT2D eigenvalue weighted by Gasteiger charge is -2.25. The van der Waals surface area contributed by atoms with Crippen molar-refractivity contribution >= 4 is 17.7 Å². The van der Waals surface area contributed by atoms with E-state index in [0.717, 1.165) is 0 Å². The zero-order chi connectivity index (χ0) is 14.4. The number of hydrogen-bond donors (Lipinski definition) is 2. The van der Waals surface area contributed by atoms with Crippen molar-refractivity contribution in [2.75, 3.05) is 18.4 Å². The predicted octanol–water partition coefficient (Wildman–Crippen LogP) is 1.11. The molecule has 0 aliphatic rings. The number of aryl methyl sites for hydroxylation is 1. The summed E-state index contributed by atoms with van der Waals surface area (Å²) in [5.74, 6) is -0.141. The summed E-state index contributed by atoms with van der Waals surface area (Å²) in [6.45, 7) is 6.11. The van der Waals surface area contributed by atoms with Crippen LogP contribution in [0.4, 0.5) is 5.82 Å². The maximum Gasteiger partial charge on any atom is 0.304 e. The number of rotatable bonds is 7. The van der Waals surface area contributed by atoms with Crippen LogP contribution in [0.3, 0.4) is 0 Å². The number of carboxylic acids is 1. The highest BCUT2D eigenvalue weighted by molar-refractivity contribution is 5.91. The van der Waals surface area contributed by atoms with Gasteiger partial charge in [-0.1, -0.05) is 12.1 Å². The van der Waals surface area contributed by atoms with Gasteiger partial charge in [0.2, 0.25) is 5.91 Å². The van der Waals surface area contributed by atoms with Gasteiger partial charge in [-0.05, 0) is 20.4 Å². The minimum absolute atomic E-state index is 0.00416. The zero-order valence-corrected chi connectivity index (χ0v) is 11.3. The van der Waals surface area contributed by atoms with E-state index in [1.165, 1.54) is 0 Å². The molecular weight excluding hydrogens is 250 g/mol. The average Bonchev–Trinajstić information content (AvgIpc) is 2.70. The zero-order valence-electron chi connectivity index (χ0n) is 11.3. The lowest BCUT2D eigenvalue weighted by molar-refractivity contribution is -0.138. The fourth-order valence-corrected chi connectivity index (χ4v) is 1.75. The lowest BCUT2D eigenvalue weighted by Crippen LogP contribution is -2.40. The van der Waals surface area contributed by atoms with Crippen molar-refractivity contribution in [3.8, 4) is 0 Å². The summed E-state index contributed by atoms with van der Waals surface area (Å²) in [7, 11) is 0. The minimum atomic E-state index is -0.876. The van der Waals surface area contributed by atoms with Crippen molar-refractivity contribution in [1.82, 2.24) is 10.1 Å². The van der Waals surface area contributed by atoms with Crippen LogP contribution in [0.15, 0.2) is 10.6 Å². The van der Waals surface area contributed by atoms with Crippen LogP contribution in [0.2, 0.25) is 0 Å². The molecule has 1 rings (SSSR count). The van der Waals surface area contributed by atoms with Gasteiger partial charge in [-0.3, -0.25) is 14.5 Å². The highest BCUT2D eigenvalue weighted by Crippen LogP contribution is 2.08. The van der Waals surface area contributed by atoms with E-state index >= 15 is 0 Å². The summed E-state index contributed by atoms with van der Waals surface area (Å²) in [4.78, 5) is 24.2. The molecule has 0 saturated carbocycles. The summed E-state index contributed by atoms with van der Waals surface area (Å²) < 4.78 is 4.84. The van der Waals surface area contributed by atoms with Gasteiger partial charge in [0.25, 0.3) is 0 Å². The van der Waals surface area contributed by atoms with E-state index in [4.69, 9.17) is 9.63 Å². The van der Waals surface area contributed by atoms with Gasteiger partial charge in [0, 0.05) is 12.1 Å². The number of nitrogens with one attached hydrogen (secondary N) is 1. The first-order chi connectivity index (χ1) is 8.92. The SMILES string of the molecule is CCN(CC(=O)Nc1cc(C)on1)C(C)CC(=O)O. The molecule has 7 heteroatoms. The molecule has 106 valence electrons. The molecule has 2 N–H and O–H groups in total. The molecule has 1 aromatic rings. The van der Waals surface area contributed by atoms with E-state index in [1.807, 2.05) is 6.92 Å². The van der Waals surface area contributed by atoms with Gasteiger partial charge in [-0.25, -0.2) is 0 Å². The number of likely N-dealkylation sites (N-methyl/N-ethyl adjacent to an activating group) is 1. The van der Waals surface area contributed by atoms with Crippen LogP contribution in [0, 0.1) is 6.92 Å². The Bertz CT molecular complexity index is 444. The van der Waals surface area contributed by atoms with Gasteiger partial charge in [0.15, 0.2) is 5.82 Å². The summed E-state index contributed by atoms with van der Waals surface area (Å²) in [6, 6.07) is 1.42. The molecule has 1 aromatic heterocycles. The van der Waals surface area contributed by atoms with Crippen LogP contribution < -0.4 is 5.32 Å². The second-order valence-electron chi connectivity index (χ2n) is 4.38. The number of carbonyl (C=O) groups is 2. The maximum atomic E-state index is 11.8. The van der Waals surface area contributed by atoms with Crippen molar-refractivity contribution in [2.45, 2.75) is 33.2 Å². The number of nitrogens with zero attached hydrogens (tertiary/aromatic N) is 2. The predicted molar refractivity (Wildman–Crippen MR) is 68.8 cm³/mol. The van der Waals surface area contributed by atoms with Gasteiger partial charge in [0.1, 0.15) is 5.76 Å². The molecule has 7 nitrogen and oxygen atoms in total. The third-order valence-electron chi connectivity index (χ3n) is 2.74. The van der Waals surface area contributed by atoms with Gasteiger partial charge < -0.3 is 14.9 Å². The Kier molecular flexibility index (Phi) is 5.50. The standard InChI is InChI=1S/C12H19N3O4/c1-4-15(8(2)5-12(17)18)7-11(16)13-10-6-9(3)19-14-10/h6,8H,4-5,7H2,1-3H3,(H,17,18)(H,13,14,16). The number of aliphatic carboxylic acids is 1. The highest BCUT2D eigenvalue weighted by atomic mass is 16.5. The first-order valence-corrected chi connectivity index (χ1v) is 6.11. The fourth-order valence-electron chi connectivity index (χ4n) is 1.75. The Balaban J connectivity index is 2.50. The Labute approximate surface area is 111 Å². The van der Waals surface area contributed by atoms with Crippen LogP contribution in [0.25, 0.3) is 0 Å². The molecule has 19 heavy (non-hydrogen) atoms. The molecule has 0 bridgehead atoms. The minimum Gasteiger partial charge on any atom is -0.481 e. The number of aromatic nitrogens is 1. The Hall–Kier alpha value is -1.89. The largest absolute Gasteiger partial charge is 0.481 e. The first-order valence-electron chi connectivity index (χ1n) is 6.11. The van der Waals surface area contributed by atoms with Gasteiger partial charge in [0.05, 0.1) is 13.0 Å². The Morgan fingerprint density at radius 1 is 1.58 bits per heavy atom. The number of anilines is 1. The topological polar surface area (TPSA) is 95.7 Å². The Morgan fingerprint density at radius 2 is 2.26 bits per heavy atom. The second kappa shape index (κ2) is 6.89. The summed E-state index contributed by atoms with van der Waals surface area (Å²) in [6.07, 6.45) is 0.00416. The summed E-state index contributed by atoms with van der Waals surface area (Å²) in [5.41, 5.74) is 0. The maximum absolute atomic E-state index is 11.8.